The summed E-state index contributed by atoms with van der Waals surface area (Å²) in [6.45, 7) is 9.14. The van der Waals surface area contributed by atoms with Gasteiger partial charge in [0, 0.05) is 13.1 Å². The van der Waals surface area contributed by atoms with Gasteiger partial charge in [-0.1, -0.05) is 6.92 Å². The zero-order valence-corrected chi connectivity index (χ0v) is 11.7. The molecule has 0 aliphatic carbocycles. The van der Waals surface area contributed by atoms with Gasteiger partial charge in [-0.05, 0) is 38.4 Å². The van der Waals surface area contributed by atoms with Gasteiger partial charge in [-0.25, -0.2) is 0 Å². The Morgan fingerprint density at radius 2 is 2.00 bits per heavy atom. The predicted molar refractivity (Wildman–Crippen MR) is 72.9 cm³/mol. The first-order valence-electron chi connectivity index (χ1n) is 6.48. The van der Waals surface area contributed by atoms with Crippen molar-refractivity contribution in [3.63, 3.8) is 0 Å². The van der Waals surface area contributed by atoms with Gasteiger partial charge in [-0.15, -0.1) is 12.4 Å². The van der Waals surface area contributed by atoms with Crippen molar-refractivity contribution in [2.24, 2.45) is 5.92 Å². The number of hydrogen-bond donors (Lipinski definition) is 2. The van der Waals surface area contributed by atoms with Gasteiger partial charge >= 0.3 is 0 Å². The SMILES string of the molecule is CCN(CCOCCO)CC1CCNCC1.Cl. The van der Waals surface area contributed by atoms with Crippen LogP contribution >= 0.6 is 12.4 Å². The third-order valence-corrected chi connectivity index (χ3v) is 3.21. The van der Waals surface area contributed by atoms with Gasteiger partial charge < -0.3 is 20.1 Å². The molecule has 1 aliphatic rings. The second kappa shape index (κ2) is 11.2. The predicted octanol–water partition coefficient (Wildman–Crippen LogP) is 0.739. The maximum atomic E-state index is 8.60. The molecular formula is C12H27ClN2O2. The number of rotatable bonds is 8. The lowest BCUT2D eigenvalue weighted by Gasteiger charge is -2.29. The summed E-state index contributed by atoms with van der Waals surface area (Å²) in [6.07, 6.45) is 2.60. The highest BCUT2D eigenvalue weighted by Crippen LogP contribution is 2.13. The second-order valence-electron chi connectivity index (χ2n) is 4.42. The van der Waals surface area contributed by atoms with E-state index in [0.29, 0.717) is 6.61 Å². The van der Waals surface area contributed by atoms with E-state index >= 15 is 0 Å². The summed E-state index contributed by atoms with van der Waals surface area (Å²) in [5, 5.41) is 12.0. The van der Waals surface area contributed by atoms with Crippen LogP contribution in [0.5, 0.6) is 0 Å². The number of piperidine rings is 1. The minimum absolute atomic E-state index is 0. The van der Waals surface area contributed by atoms with Crippen molar-refractivity contribution in [1.29, 1.82) is 0 Å². The van der Waals surface area contributed by atoms with Crippen LogP contribution in [-0.4, -0.2) is 62.6 Å². The Morgan fingerprint density at radius 3 is 2.59 bits per heavy atom. The van der Waals surface area contributed by atoms with Gasteiger partial charge in [0.25, 0.3) is 0 Å². The fraction of sp³-hybridized carbons (Fsp3) is 1.00. The van der Waals surface area contributed by atoms with E-state index in [4.69, 9.17) is 9.84 Å². The van der Waals surface area contributed by atoms with Gasteiger partial charge in [0.05, 0.1) is 19.8 Å². The molecule has 5 heteroatoms. The molecule has 1 fully saturated rings. The molecule has 104 valence electrons. The molecule has 17 heavy (non-hydrogen) atoms. The molecule has 0 bridgehead atoms. The summed E-state index contributed by atoms with van der Waals surface area (Å²) in [6, 6.07) is 0. The molecule has 1 rings (SSSR count). The van der Waals surface area contributed by atoms with Crippen LogP contribution in [0.2, 0.25) is 0 Å². The Bertz CT molecular complexity index is 167. The molecule has 0 radical (unpaired) electrons. The lowest BCUT2D eigenvalue weighted by Crippen LogP contribution is -2.37. The van der Waals surface area contributed by atoms with Crippen LogP contribution in [0.1, 0.15) is 19.8 Å². The number of nitrogens with one attached hydrogen (secondary N) is 1. The van der Waals surface area contributed by atoms with E-state index in [1.807, 2.05) is 0 Å². The monoisotopic (exact) mass is 266 g/mol. The molecule has 0 spiro atoms. The van der Waals surface area contributed by atoms with E-state index in [0.717, 1.165) is 25.6 Å². The van der Waals surface area contributed by atoms with Crippen LogP contribution in [0.15, 0.2) is 0 Å². The Morgan fingerprint density at radius 1 is 1.29 bits per heavy atom. The van der Waals surface area contributed by atoms with Crippen LogP contribution in [0, 0.1) is 5.92 Å². The van der Waals surface area contributed by atoms with Crippen LogP contribution in [-0.2, 0) is 4.74 Å². The molecule has 0 atom stereocenters. The van der Waals surface area contributed by atoms with E-state index in [2.05, 4.69) is 17.1 Å². The zero-order chi connectivity index (χ0) is 11.6. The molecule has 0 unspecified atom stereocenters. The highest BCUT2D eigenvalue weighted by atomic mass is 35.5. The summed E-state index contributed by atoms with van der Waals surface area (Å²) in [5.41, 5.74) is 0. The minimum Gasteiger partial charge on any atom is -0.394 e. The summed E-state index contributed by atoms with van der Waals surface area (Å²) in [5.74, 6) is 0.846. The van der Waals surface area contributed by atoms with Gasteiger partial charge in [-0.2, -0.15) is 0 Å². The smallest absolute Gasteiger partial charge is 0.0698 e. The van der Waals surface area contributed by atoms with Gasteiger partial charge in [0.1, 0.15) is 0 Å². The van der Waals surface area contributed by atoms with Gasteiger partial charge in [0.2, 0.25) is 0 Å². The number of hydrogen-bond acceptors (Lipinski definition) is 4. The lowest BCUT2D eigenvalue weighted by molar-refractivity contribution is 0.0699. The second-order valence-corrected chi connectivity index (χ2v) is 4.42. The normalized spacial score (nSPS) is 17.1. The lowest BCUT2D eigenvalue weighted by atomic mass is 9.97. The number of likely N-dealkylation sites (N-methyl/N-ethyl adjacent to an activating group) is 1. The summed E-state index contributed by atoms with van der Waals surface area (Å²) in [4.78, 5) is 2.45. The Balaban J connectivity index is 0.00000256. The molecule has 0 saturated carbocycles. The average Bonchev–Trinajstić information content (AvgIpc) is 2.34. The van der Waals surface area contributed by atoms with Crippen LogP contribution < -0.4 is 5.32 Å². The standard InChI is InChI=1S/C12H26N2O2.ClH/c1-2-14(7-9-16-10-8-15)11-12-3-5-13-6-4-12;/h12-13,15H,2-11H2,1H3;1H. The maximum absolute atomic E-state index is 8.60. The Hall–Kier alpha value is 0.130. The first-order valence-corrected chi connectivity index (χ1v) is 6.48. The average molecular weight is 267 g/mol. The molecule has 0 amide bonds. The summed E-state index contributed by atoms with van der Waals surface area (Å²) >= 11 is 0. The number of aliphatic hydroxyl groups is 1. The van der Waals surface area contributed by atoms with E-state index in [9.17, 15) is 0 Å². The largest absolute Gasteiger partial charge is 0.394 e. The fourth-order valence-corrected chi connectivity index (χ4v) is 2.17. The third kappa shape index (κ3) is 7.95. The van der Waals surface area contributed by atoms with E-state index in [1.54, 1.807) is 0 Å². The van der Waals surface area contributed by atoms with Crippen molar-refractivity contribution in [3.8, 4) is 0 Å². The molecule has 0 aromatic rings. The van der Waals surface area contributed by atoms with Crippen molar-refractivity contribution in [2.45, 2.75) is 19.8 Å². The van der Waals surface area contributed by atoms with Crippen molar-refractivity contribution >= 4 is 12.4 Å². The zero-order valence-electron chi connectivity index (χ0n) is 10.9. The van der Waals surface area contributed by atoms with Crippen molar-refractivity contribution in [3.05, 3.63) is 0 Å². The van der Waals surface area contributed by atoms with Crippen LogP contribution in [0.25, 0.3) is 0 Å². The quantitative estimate of drug-likeness (QED) is 0.636. The summed E-state index contributed by atoms with van der Waals surface area (Å²) in [7, 11) is 0. The molecule has 1 heterocycles. The van der Waals surface area contributed by atoms with Gasteiger partial charge in [-0.3, -0.25) is 0 Å². The van der Waals surface area contributed by atoms with Crippen LogP contribution in [0.3, 0.4) is 0 Å². The van der Waals surface area contributed by atoms with Crippen LogP contribution in [0.4, 0.5) is 0 Å². The van der Waals surface area contributed by atoms with Crippen molar-refractivity contribution in [1.82, 2.24) is 10.2 Å². The topological polar surface area (TPSA) is 44.7 Å². The van der Waals surface area contributed by atoms with Crippen molar-refractivity contribution < 1.29 is 9.84 Å². The molecular weight excluding hydrogens is 240 g/mol. The molecule has 1 saturated heterocycles. The summed E-state index contributed by atoms with van der Waals surface area (Å²) < 4.78 is 5.30. The molecule has 2 N–H and O–H groups in total. The highest BCUT2D eigenvalue weighted by molar-refractivity contribution is 5.85. The maximum Gasteiger partial charge on any atom is 0.0698 e. The Labute approximate surface area is 111 Å². The number of nitrogens with zero attached hydrogens (tertiary/aromatic N) is 1. The number of aliphatic hydroxyl groups excluding tert-OH is 1. The van der Waals surface area contributed by atoms with E-state index < -0.39 is 0 Å². The molecule has 4 nitrogen and oxygen atoms in total. The number of halogens is 1. The first-order chi connectivity index (χ1) is 7.86. The fourth-order valence-electron chi connectivity index (χ4n) is 2.17. The van der Waals surface area contributed by atoms with Crippen molar-refractivity contribution in [2.75, 3.05) is 52.5 Å². The number of ether oxygens (including phenoxy) is 1. The molecule has 0 aromatic heterocycles. The van der Waals surface area contributed by atoms with E-state index in [1.165, 1.54) is 32.5 Å². The third-order valence-electron chi connectivity index (χ3n) is 3.21. The molecule has 0 aromatic carbocycles. The van der Waals surface area contributed by atoms with E-state index in [-0.39, 0.29) is 19.0 Å². The minimum atomic E-state index is 0. The Kier molecular flexibility index (Phi) is 11.3. The highest BCUT2D eigenvalue weighted by Gasteiger charge is 2.15. The molecule has 1 aliphatic heterocycles. The first kappa shape index (κ1) is 17.1. The van der Waals surface area contributed by atoms with Gasteiger partial charge in [0.15, 0.2) is 0 Å².